The predicted octanol–water partition coefficient (Wildman–Crippen LogP) is -0.0798. The largest absolute Gasteiger partial charge is 0.387 e. The molecule has 8 heteroatoms. The average Bonchev–Trinajstić information content (AvgIpc) is 2.78. The van der Waals surface area contributed by atoms with E-state index in [2.05, 4.69) is 5.32 Å². The van der Waals surface area contributed by atoms with Gasteiger partial charge in [0.05, 0.1) is 5.60 Å². The highest BCUT2D eigenvalue weighted by Gasteiger charge is 2.46. The molecule has 0 unspecified atom stereocenters. The van der Waals surface area contributed by atoms with Crippen LogP contribution in [0.2, 0.25) is 0 Å². The Morgan fingerprint density at radius 3 is 2.62 bits per heavy atom. The van der Waals surface area contributed by atoms with Gasteiger partial charge in [-0.25, -0.2) is 8.42 Å². The SMILES string of the molecule is CCCC1(O)CN(S(=O)(=O)c2cc(C(=O)NC)n(C)c2)C1. The molecule has 1 fully saturated rings. The molecule has 0 aliphatic carbocycles. The lowest BCUT2D eigenvalue weighted by Gasteiger charge is -2.45. The van der Waals surface area contributed by atoms with Crippen LogP contribution in [0.1, 0.15) is 30.3 Å². The minimum Gasteiger partial charge on any atom is -0.387 e. The minimum absolute atomic E-state index is 0.0714. The molecule has 7 nitrogen and oxygen atoms in total. The van der Waals surface area contributed by atoms with E-state index in [1.807, 2.05) is 6.92 Å². The number of rotatable bonds is 5. The summed E-state index contributed by atoms with van der Waals surface area (Å²) in [6.45, 7) is 2.16. The fourth-order valence-corrected chi connectivity index (χ4v) is 4.25. The van der Waals surface area contributed by atoms with Gasteiger partial charge in [0, 0.05) is 33.4 Å². The molecule has 118 valence electrons. The quantitative estimate of drug-likeness (QED) is 0.795. The molecule has 0 spiro atoms. The van der Waals surface area contributed by atoms with Gasteiger partial charge in [-0.1, -0.05) is 13.3 Å². The fraction of sp³-hybridized carbons (Fsp3) is 0.615. The van der Waals surface area contributed by atoms with Crippen molar-refractivity contribution >= 4 is 15.9 Å². The standard InChI is InChI=1S/C13H21N3O4S/c1-4-5-13(18)8-16(9-13)21(19,20)10-6-11(12(17)14-2)15(3)7-10/h6-7,18H,4-5,8-9H2,1-3H3,(H,14,17). The van der Waals surface area contributed by atoms with Crippen molar-refractivity contribution in [2.24, 2.45) is 7.05 Å². The van der Waals surface area contributed by atoms with Gasteiger partial charge in [-0.05, 0) is 12.5 Å². The summed E-state index contributed by atoms with van der Waals surface area (Å²) in [7, 11) is -0.554. The maximum atomic E-state index is 12.5. The summed E-state index contributed by atoms with van der Waals surface area (Å²) in [4.78, 5) is 11.7. The molecule has 0 bridgehead atoms. The van der Waals surface area contributed by atoms with Gasteiger partial charge in [0.2, 0.25) is 10.0 Å². The molecule has 21 heavy (non-hydrogen) atoms. The lowest BCUT2D eigenvalue weighted by molar-refractivity contribution is -0.0653. The first-order valence-electron chi connectivity index (χ1n) is 6.84. The van der Waals surface area contributed by atoms with Gasteiger partial charge >= 0.3 is 0 Å². The monoisotopic (exact) mass is 315 g/mol. The van der Waals surface area contributed by atoms with Crippen LogP contribution in [0.3, 0.4) is 0 Å². The number of hydrogen-bond donors (Lipinski definition) is 2. The lowest BCUT2D eigenvalue weighted by Crippen LogP contribution is -2.63. The smallest absolute Gasteiger partial charge is 0.267 e. The Kier molecular flexibility index (Phi) is 4.14. The van der Waals surface area contributed by atoms with E-state index >= 15 is 0 Å². The van der Waals surface area contributed by atoms with E-state index in [0.717, 1.165) is 6.42 Å². The Labute approximate surface area is 124 Å². The molecule has 2 N–H and O–H groups in total. The number of β-amino-alcohol motifs (C(OH)–C–C–N with tert-alkyl or cyclic N) is 1. The third-order valence-electron chi connectivity index (χ3n) is 3.73. The van der Waals surface area contributed by atoms with Crippen LogP contribution in [0, 0.1) is 0 Å². The molecule has 1 aliphatic heterocycles. The van der Waals surface area contributed by atoms with Crippen molar-refractivity contribution in [1.29, 1.82) is 0 Å². The van der Waals surface area contributed by atoms with Gasteiger partial charge in [0.15, 0.2) is 0 Å². The normalized spacial score (nSPS) is 18.3. The van der Waals surface area contributed by atoms with Crippen molar-refractivity contribution in [2.75, 3.05) is 20.1 Å². The highest BCUT2D eigenvalue weighted by molar-refractivity contribution is 7.89. The molecule has 1 aromatic rings. The maximum absolute atomic E-state index is 12.5. The third-order valence-corrected chi connectivity index (χ3v) is 5.49. The molecule has 0 saturated carbocycles. The summed E-state index contributed by atoms with van der Waals surface area (Å²) in [6.07, 6.45) is 2.80. The Balaban J connectivity index is 2.21. The Morgan fingerprint density at radius 1 is 1.48 bits per heavy atom. The van der Waals surface area contributed by atoms with E-state index in [-0.39, 0.29) is 29.6 Å². The summed E-state index contributed by atoms with van der Waals surface area (Å²) in [5.74, 6) is -0.343. The van der Waals surface area contributed by atoms with Crippen LogP contribution in [0.4, 0.5) is 0 Å². The minimum atomic E-state index is -3.66. The van der Waals surface area contributed by atoms with Crippen LogP contribution in [0.5, 0.6) is 0 Å². The average molecular weight is 315 g/mol. The zero-order chi connectivity index (χ0) is 15.8. The molecule has 1 amide bonds. The van der Waals surface area contributed by atoms with Crippen molar-refractivity contribution in [1.82, 2.24) is 14.2 Å². The molecule has 1 saturated heterocycles. The fourth-order valence-electron chi connectivity index (χ4n) is 2.58. The molecule has 0 aromatic carbocycles. The molecule has 1 aromatic heterocycles. The Bertz CT molecular complexity index is 644. The van der Waals surface area contributed by atoms with Crippen LogP contribution in [-0.4, -0.2) is 54.0 Å². The molecule has 1 aliphatic rings. The highest BCUT2D eigenvalue weighted by atomic mass is 32.2. The Morgan fingerprint density at radius 2 is 2.10 bits per heavy atom. The van der Waals surface area contributed by atoms with E-state index in [1.165, 1.54) is 28.2 Å². The zero-order valence-electron chi connectivity index (χ0n) is 12.5. The highest BCUT2D eigenvalue weighted by Crippen LogP contribution is 2.31. The summed E-state index contributed by atoms with van der Waals surface area (Å²) in [5.41, 5.74) is -0.638. The first-order chi connectivity index (χ1) is 9.73. The van der Waals surface area contributed by atoms with Gasteiger partial charge in [-0.15, -0.1) is 0 Å². The van der Waals surface area contributed by atoms with Crippen molar-refractivity contribution in [3.05, 3.63) is 18.0 Å². The number of hydrogen-bond acceptors (Lipinski definition) is 4. The van der Waals surface area contributed by atoms with E-state index in [4.69, 9.17) is 0 Å². The van der Waals surface area contributed by atoms with Gasteiger partial charge in [-0.2, -0.15) is 4.31 Å². The van der Waals surface area contributed by atoms with E-state index in [0.29, 0.717) is 6.42 Å². The van der Waals surface area contributed by atoms with Crippen LogP contribution in [0.15, 0.2) is 17.2 Å². The number of aromatic nitrogens is 1. The van der Waals surface area contributed by atoms with Crippen LogP contribution >= 0.6 is 0 Å². The summed E-state index contributed by atoms with van der Waals surface area (Å²) >= 11 is 0. The molecular formula is C13H21N3O4S. The van der Waals surface area contributed by atoms with Crippen molar-refractivity contribution in [3.8, 4) is 0 Å². The van der Waals surface area contributed by atoms with E-state index in [1.54, 1.807) is 7.05 Å². The van der Waals surface area contributed by atoms with Crippen molar-refractivity contribution in [3.63, 3.8) is 0 Å². The van der Waals surface area contributed by atoms with Gasteiger partial charge in [0.1, 0.15) is 10.6 Å². The molecule has 2 rings (SSSR count). The van der Waals surface area contributed by atoms with E-state index in [9.17, 15) is 18.3 Å². The number of aliphatic hydroxyl groups is 1. The first-order valence-corrected chi connectivity index (χ1v) is 8.28. The number of carbonyl (C=O) groups excluding carboxylic acids is 1. The summed E-state index contributed by atoms with van der Waals surface area (Å²) in [6, 6.07) is 1.35. The van der Waals surface area contributed by atoms with Crippen LogP contribution in [0.25, 0.3) is 0 Å². The maximum Gasteiger partial charge on any atom is 0.267 e. The number of aryl methyl sites for hydroxylation is 1. The van der Waals surface area contributed by atoms with Crippen LogP contribution in [-0.2, 0) is 17.1 Å². The van der Waals surface area contributed by atoms with Gasteiger partial charge < -0.3 is 15.0 Å². The second-order valence-electron chi connectivity index (χ2n) is 5.50. The van der Waals surface area contributed by atoms with Crippen molar-refractivity contribution in [2.45, 2.75) is 30.3 Å². The van der Waals surface area contributed by atoms with Crippen LogP contribution < -0.4 is 5.32 Å². The number of nitrogens with zero attached hydrogens (tertiary/aromatic N) is 2. The predicted molar refractivity (Wildman–Crippen MR) is 77.4 cm³/mol. The number of amides is 1. The summed E-state index contributed by atoms with van der Waals surface area (Å²) in [5, 5.41) is 12.6. The number of nitrogens with one attached hydrogen (secondary N) is 1. The third kappa shape index (κ3) is 2.83. The van der Waals surface area contributed by atoms with Crippen molar-refractivity contribution < 1.29 is 18.3 Å². The number of sulfonamides is 1. The lowest BCUT2D eigenvalue weighted by atomic mass is 9.92. The molecule has 0 radical (unpaired) electrons. The summed E-state index contributed by atoms with van der Waals surface area (Å²) < 4.78 is 27.6. The topological polar surface area (TPSA) is 91.6 Å². The molecule has 0 atom stereocenters. The second-order valence-corrected chi connectivity index (χ2v) is 7.44. The second kappa shape index (κ2) is 5.43. The van der Waals surface area contributed by atoms with E-state index < -0.39 is 15.6 Å². The number of carbonyl (C=O) groups is 1. The first kappa shape index (κ1) is 16.0. The van der Waals surface area contributed by atoms with Gasteiger partial charge in [0.25, 0.3) is 5.91 Å². The zero-order valence-corrected chi connectivity index (χ0v) is 13.3. The Hall–Kier alpha value is -1.38. The van der Waals surface area contributed by atoms with Gasteiger partial charge in [-0.3, -0.25) is 4.79 Å². The molecule has 2 heterocycles. The molecular weight excluding hydrogens is 294 g/mol.